The van der Waals surface area contributed by atoms with Crippen LogP contribution in [-0.2, 0) is 6.54 Å². The first-order valence-electron chi connectivity index (χ1n) is 5.66. The monoisotopic (exact) mass is 240 g/mol. The molecule has 1 aromatic rings. The summed E-state index contributed by atoms with van der Waals surface area (Å²) >= 11 is 1.72. The van der Waals surface area contributed by atoms with Crippen molar-refractivity contribution in [2.24, 2.45) is 5.92 Å². The lowest BCUT2D eigenvalue weighted by Crippen LogP contribution is -2.13. The Bertz CT molecular complexity index is 307. The zero-order valence-electron chi connectivity index (χ0n) is 9.94. The highest BCUT2D eigenvalue weighted by Crippen LogP contribution is 2.22. The summed E-state index contributed by atoms with van der Waals surface area (Å²) in [4.78, 5) is 4.38. The fraction of sp³-hybridized carbons (Fsp3) is 0.583. The number of aromatic nitrogens is 1. The van der Waals surface area contributed by atoms with Gasteiger partial charge in [0, 0.05) is 25.1 Å². The number of hydrogen-bond acceptors (Lipinski definition) is 4. The molecule has 2 N–H and O–H groups in total. The van der Waals surface area contributed by atoms with Crippen LogP contribution in [0.5, 0.6) is 0 Å². The van der Waals surface area contributed by atoms with E-state index >= 15 is 0 Å². The lowest BCUT2D eigenvalue weighted by atomic mass is 10.2. The van der Waals surface area contributed by atoms with Gasteiger partial charge in [0.05, 0.1) is 0 Å². The van der Waals surface area contributed by atoms with Crippen molar-refractivity contribution < 1.29 is 5.11 Å². The van der Waals surface area contributed by atoms with Gasteiger partial charge in [0.25, 0.3) is 0 Å². The molecule has 0 amide bonds. The molecule has 0 aromatic carbocycles. The first-order chi connectivity index (χ1) is 7.77. The van der Waals surface area contributed by atoms with E-state index in [1.807, 2.05) is 19.2 Å². The third-order valence-corrected chi connectivity index (χ3v) is 3.61. The van der Waals surface area contributed by atoms with Crippen molar-refractivity contribution in [2.75, 3.05) is 18.9 Å². The number of nitrogens with zero attached hydrogens (tertiary/aromatic N) is 1. The van der Waals surface area contributed by atoms with Gasteiger partial charge in [-0.2, -0.15) is 0 Å². The van der Waals surface area contributed by atoms with E-state index < -0.39 is 0 Å². The Morgan fingerprint density at radius 3 is 3.06 bits per heavy atom. The van der Waals surface area contributed by atoms with Gasteiger partial charge in [0.2, 0.25) is 0 Å². The molecule has 1 atom stereocenters. The summed E-state index contributed by atoms with van der Waals surface area (Å²) in [7, 11) is 0. The minimum Gasteiger partial charge on any atom is -0.396 e. The molecule has 0 aliphatic carbocycles. The van der Waals surface area contributed by atoms with Crippen molar-refractivity contribution in [1.82, 2.24) is 10.3 Å². The fourth-order valence-corrected chi connectivity index (χ4v) is 2.23. The van der Waals surface area contributed by atoms with Crippen LogP contribution in [0.4, 0.5) is 0 Å². The van der Waals surface area contributed by atoms with Crippen LogP contribution in [0.3, 0.4) is 0 Å². The number of rotatable bonds is 7. The normalized spacial score (nSPS) is 12.7. The fourth-order valence-electron chi connectivity index (χ4n) is 1.22. The van der Waals surface area contributed by atoms with Gasteiger partial charge in [-0.3, -0.25) is 0 Å². The van der Waals surface area contributed by atoms with E-state index in [4.69, 9.17) is 5.11 Å². The van der Waals surface area contributed by atoms with E-state index in [1.54, 1.807) is 11.8 Å². The predicted molar refractivity (Wildman–Crippen MR) is 68.6 cm³/mol. The first-order valence-corrected chi connectivity index (χ1v) is 6.64. The van der Waals surface area contributed by atoms with Gasteiger partial charge < -0.3 is 10.4 Å². The van der Waals surface area contributed by atoms with Crippen LogP contribution in [0.1, 0.15) is 19.4 Å². The zero-order valence-corrected chi connectivity index (χ0v) is 10.8. The van der Waals surface area contributed by atoms with Gasteiger partial charge in [-0.1, -0.05) is 19.9 Å². The number of aliphatic hydroxyl groups excluding tert-OH is 1. The largest absolute Gasteiger partial charge is 0.396 e. The molecule has 0 spiro atoms. The van der Waals surface area contributed by atoms with Crippen molar-refractivity contribution in [3.05, 3.63) is 23.9 Å². The molecule has 1 heterocycles. The van der Waals surface area contributed by atoms with Gasteiger partial charge in [-0.15, -0.1) is 11.8 Å². The highest BCUT2D eigenvalue weighted by Gasteiger charge is 2.06. The molecule has 0 aliphatic heterocycles. The summed E-state index contributed by atoms with van der Waals surface area (Å²) in [5.74, 6) is 1.23. The Hall–Kier alpha value is -0.580. The van der Waals surface area contributed by atoms with Crippen LogP contribution in [0.15, 0.2) is 23.4 Å². The van der Waals surface area contributed by atoms with E-state index in [2.05, 4.69) is 23.3 Å². The second-order valence-electron chi connectivity index (χ2n) is 3.85. The summed E-state index contributed by atoms with van der Waals surface area (Å²) in [6.07, 6.45) is 1.82. The minimum atomic E-state index is 0.238. The topological polar surface area (TPSA) is 45.2 Å². The van der Waals surface area contributed by atoms with Crippen LogP contribution < -0.4 is 5.32 Å². The van der Waals surface area contributed by atoms with Crippen molar-refractivity contribution >= 4 is 11.8 Å². The van der Waals surface area contributed by atoms with Crippen LogP contribution in [-0.4, -0.2) is 29.0 Å². The molecule has 1 aromatic heterocycles. The summed E-state index contributed by atoms with van der Waals surface area (Å²) < 4.78 is 0. The van der Waals surface area contributed by atoms with Gasteiger partial charge in [0.1, 0.15) is 5.03 Å². The number of hydrogen-bond donors (Lipinski definition) is 2. The van der Waals surface area contributed by atoms with Gasteiger partial charge in [-0.25, -0.2) is 4.98 Å². The second kappa shape index (κ2) is 7.65. The Balaban J connectivity index is 2.56. The van der Waals surface area contributed by atoms with Crippen LogP contribution >= 0.6 is 11.8 Å². The molecule has 0 saturated carbocycles. The third-order valence-electron chi connectivity index (χ3n) is 2.23. The Kier molecular flexibility index (Phi) is 6.45. The standard InChI is InChI=1S/C12H20N2OS/c1-3-13-7-11-5-4-6-14-12(11)16-9-10(2)8-15/h4-6,10,13,15H,3,7-9H2,1-2H3. The summed E-state index contributed by atoms with van der Waals surface area (Å²) in [5, 5.41) is 13.4. The van der Waals surface area contributed by atoms with Crippen molar-refractivity contribution in [1.29, 1.82) is 0 Å². The molecule has 16 heavy (non-hydrogen) atoms. The molecule has 4 heteroatoms. The highest BCUT2D eigenvalue weighted by atomic mass is 32.2. The average Bonchev–Trinajstić information content (AvgIpc) is 2.34. The van der Waals surface area contributed by atoms with Gasteiger partial charge in [0.15, 0.2) is 0 Å². The van der Waals surface area contributed by atoms with Crippen LogP contribution in [0, 0.1) is 5.92 Å². The maximum absolute atomic E-state index is 8.98. The molecular weight excluding hydrogens is 220 g/mol. The third kappa shape index (κ3) is 4.51. The molecule has 3 nitrogen and oxygen atoms in total. The number of aliphatic hydroxyl groups is 1. The first kappa shape index (κ1) is 13.5. The molecule has 0 saturated heterocycles. The smallest absolute Gasteiger partial charge is 0.100 e. The molecule has 1 rings (SSSR count). The number of nitrogens with one attached hydrogen (secondary N) is 1. The van der Waals surface area contributed by atoms with E-state index in [0.29, 0.717) is 5.92 Å². The molecule has 0 radical (unpaired) electrons. The summed E-state index contributed by atoms with van der Waals surface area (Å²) in [6.45, 7) is 6.20. The lowest BCUT2D eigenvalue weighted by molar-refractivity contribution is 0.250. The molecule has 90 valence electrons. The molecular formula is C12H20N2OS. The number of pyridine rings is 1. The molecule has 1 unspecified atom stereocenters. The SMILES string of the molecule is CCNCc1cccnc1SCC(C)CO. The molecule has 0 bridgehead atoms. The van der Waals surface area contributed by atoms with Gasteiger partial charge in [-0.05, 0) is 24.1 Å². The van der Waals surface area contributed by atoms with Crippen molar-refractivity contribution in [3.63, 3.8) is 0 Å². The summed E-state index contributed by atoms with van der Waals surface area (Å²) in [5.41, 5.74) is 1.24. The Morgan fingerprint density at radius 2 is 2.38 bits per heavy atom. The molecule has 0 aliphatic rings. The summed E-state index contributed by atoms with van der Waals surface area (Å²) in [6, 6.07) is 4.06. The minimum absolute atomic E-state index is 0.238. The highest BCUT2D eigenvalue weighted by molar-refractivity contribution is 7.99. The van der Waals surface area contributed by atoms with Crippen molar-refractivity contribution in [3.8, 4) is 0 Å². The quantitative estimate of drug-likeness (QED) is 0.715. The molecule has 0 fully saturated rings. The van der Waals surface area contributed by atoms with E-state index in [1.165, 1.54) is 5.56 Å². The van der Waals surface area contributed by atoms with E-state index in [9.17, 15) is 0 Å². The lowest BCUT2D eigenvalue weighted by Gasteiger charge is -2.10. The average molecular weight is 240 g/mol. The predicted octanol–water partition coefficient (Wildman–Crippen LogP) is 1.91. The zero-order chi connectivity index (χ0) is 11.8. The number of thioether (sulfide) groups is 1. The maximum atomic E-state index is 8.98. The maximum Gasteiger partial charge on any atom is 0.100 e. The Morgan fingerprint density at radius 1 is 1.56 bits per heavy atom. The van der Waals surface area contributed by atoms with Gasteiger partial charge >= 0.3 is 0 Å². The van der Waals surface area contributed by atoms with Crippen molar-refractivity contribution in [2.45, 2.75) is 25.4 Å². The van der Waals surface area contributed by atoms with E-state index in [0.717, 1.165) is 23.9 Å². The van der Waals surface area contributed by atoms with Crippen LogP contribution in [0.2, 0.25) is 0 Å². The second-order valence-corrected chi connectivity index (χ2v) is 4.86. The van der Waals surface area contributed by atoms with E-state index in [-0.39, 0.29) is 6.61 Å². The van der Waals surface area contributed by atoms with Crippen LogP contribution in [0.25, 0.3) is 0 Å². The Labute approximate surface area is 102 Å².